The molecule has 6 nitrogen and oxygen atoms in total. The summed E-state index contributed by atoms with van der Waals surface area (Å²) in [7, 11) is 0. The van der Waals surface area contributed by atoms with E-state index in [1.165, 1.54) is 0 Å². The average molecular weight is 287 g/mol. The maximum Gasteiger partial charge on any atom is 0.257 e. The van der Waals surface area contributed by atoms with Gasteiger partial charge in [0.2, 0.25) is 0 Å². The average Bonchev–Trinajstić information content (AvgIpc) is 3.15. The molecule has 0 unspecified atom stereocenters. The lowest BCUT2D eigenvalue weighted by Gasteiger charge is -2.34. The highest BCUT2D eigenvalue weighted by molar-refractivity contribution is 5.95. The molecule has 0 radical (unpaired) electrons. The lowest BCUT2D eigenvalue weighted by molar-refractivity contribution is 0.0677. The van der Waals surface area contributed by atoms with Crippen LogP contribution in [0.2, 0.25) is 0 Å². The van der Waals surface area contributed by atoms with E-state index in [1.54, 1.807) is 6.20 Å². The molecule has 0 aromatic carbocycles. The van der Waals surface area contributed by atoms with E-state index < -0.39 is 0 Å². The van der Waals surface area contributed by atoms with E-state index in [0.717, 1.165) is 43.9 Å². The summed E-state index contributed by atoms with van der Waals surface area (Å²) in [5.41, 5.74) is 1.63. The number of hydrogen-bond donors (Lipinski definition) is 1. The van der Waals surface area contributed by atoms with Crippen LogP contribution in [-0.4, -0.2) is 43.6 Å². The molecule has 1 atom stereocenters. The summed E-state index contributed by atoms with van der Waals surface area (Å²) in [5.74, 6) is 1.09. The zero-order valence-corrected chi connectivity index (χ0v) is 12.5. The number of aromatic nitrogens is 4. The first kappa shape index (κ1) is 13.9. The number of nitrogens with zero attached hydrogens (tertiary/aromatic N) is 4. The second kappa shape index (κ2) is 5.71. The van der Waals surface area contributed by atoms with Crippen molar-refractivity contribution in [3.05, 3.63) is 35.7 Å². The molecule has 6 heteroatoms. The highest BCUT2D eigenvalue weighted by atomic mass is 16.2. The van der Waals surface area contributed by atoms with Gasteiger partial charge in [-0.05, 0) is 26.2 Å². The van der Waals surface area contributed by atoms with Crippen LogP contribution in [0.4, 0.5) is 0 Å². The standard InChI is InChI=1S/C15H21N5O/c1-3-14-13(9-17-18-14)15(21)19-7-4-5-12(10-19)20-8-6-16-11(20)2/h6,8-9,12H,3-5,7,10H2,1-2H3,(H,17,18)/t12-/m1/s1. The molecule has 0 saturated carbocycles. The van der Waals surface area contributed by atoms with Gasteiger partial charge < -0.3 is 9.47 Å². The molecule has 112 valence electrons. The summed E-state index contributed by atoms with van der Waals surface area (Å²) in [6.45, 7) is 5.59. The van der Waals surface area contributed by atoms with Gasteiger partial charge in [0.1, 0.15) is 5.82 Å². The fourth-order valence-electron chi connectivity index (χ4n) is 3.08. The van der Waals surface area contributed by atoms with Gasteiger partial charge in [0.25, 0.3) is 5.91 Å². The number of carbonyl (C=O) groups is 1. The Balaban J connectivity index is 1.77. The molecule has 1 fully saturated rings. The Morgan fingerprint density at radius 1 is 1.52 bits per heavy atom. The minimum absolute atomic E-state index is 0.0862. The highest BCUT2D eigenvalue weighted by Crippen LogP contribution is 2.24. The summed E-state index contributed by atoms with van der Waals surface area (Å²) in [5, 5.41) is 6.91. The monoisotopic (exact) mass is 287 g/mol. The number of amides is 1. The summed E-state index contributed by atoms with van der Waals surface area (Å²) < 4.78 is 2.18. The first-order chi connectivity index (χ1) is 10.2. The van der Waals surface area contributed by atoms with Crippen molar-refractivity contribution in [3.63, 3.8) is 0 Å². The van der Waals surface area contributed by atoms with E-state index in [0.29, 0.717) is 11.6 Å². The van der Waals surface area contributed by atoms with Crippen molar-refractivity contribution in [2.75, 3.05) is 13.1 Å². The third-order valence-corrected chi connectivity index (χ3v) is 4.24. The van der Waals surface area contributed by atoms with Crippen LogP contribution < -0.4 is 0 Å². The Kier molecular flexibility index (Phi) is 3.77. The van der Waals surface area contributed by atoms with Crippen LogP contribution in [0.25, 0.3) is 0 Å². The highest BCUT2D eigenvalue weighted by Gasteiger charge is 2.27. The van der Waals surface area contributed by atoms with Crippen molar-refractivity contribution in [2.45, 2.75) is 39.2 Å². The van der Waals surface area contributed by atoms with Gasteiger partial charge in [0, 0.05) is 31.2 Å². The molecule has 1 saturated heterocycles. The summed E-state index contributed by atoms with van der Waals surface area (Å²) >= 11 is 0. The first-order valence-corrected chi connectivity index (χ1v) is 7.51. The maximum absolute atomic E-state index is 12.7. The molecule has 1 aliphatic heterocycles. The molecular formula is C15H21N5O. The maximum atomic E-state index is 12.7. The molecule has 1 amide bonds. The van der Waals surface area contributed by atoms with Crippen LogP contribution in [0.1, 0.15) is 47.7 Å². The number of imidazole rings is 1. The molecule has 2 aromatic heterocycles. The molecule has 0 aliphatic carbocycles. The van der Waals surface area contributed by atoms with Gasteiger partial charge in [-0.2, -0.15) is 5.10 Å². The minimum atomic E-state index is 0.0862. The topological polar surface area (TPSA) is 66.8 Å². The molecule has 1 N–H and O–H groups in total. The smallest absolute Gasteiger partial charge is 0.257 e. The van der Waals surface area contributed by atoms with E-state index in [1.807, 2.05) is 31.1 Å². The Bertz CT molecular complexity index is 630. The predicted octanol–water partition coefficient (Wildman–Crippen LogP) is 1.95. The lowest BCUT2D eigenvalue weighted by atomic mass is 10.0. The number of carbonyl (C=O) groups excluding carboxylic acids is 1. The number of piperidine rings is 1. The van der Waals surface area contributed by atoms with Gasteiger partial charge in [-0.1, -0.05) is 6.92 Å². The van der Waals surface area contributed by atoms with Crippen molar-refractivity contribution in [2.24, 2.45) is 0 Å². The Labute approximate surface area is 124 Å². The quantitative estimate of drug-likeness (QED) is 0.938. The van der Waals surface area contributed by atoms with E-state index in [-0.39, 0.29) is 5.91 Å². The fraction of sp³-hybridized carbons (Fsp3) is 0.533. The van der Waals surface area contributed by atoms with Crippen LogP contribution in [0.15, 0.2) is 18.6 Å². The minimum Gasteiger partial charge on any atom is -0.336 e. The van der Waals surface area contributed by atoms with Crippen molar-refractivity contribution in [1.82, 2.24) is 24.6 Å². The molecule has 0 bridgehead atoms. The van der Waals surface area contributed by atoms with Crippen LogP contribution in [0.3, 0.4) is 0 Å². The van der Waals surface area contributed by atoms with Gasteiger partial charge in [0.15, 0.2) is 0 Å². The van der Waals surface area contributed by atoms with Crippen molar-refractivity contribution >= 4 is 5.91 Å². The number of H-pyrrole nitrogens is 1. The Morgan fingerprint density at radius 2 is 2.38 bits per heavy atom. The van der Waals surface area contributed by atoms with Gasteiger partial charge in [-0.3, -0.25) is 9.89 Å². The summed E-state index contributed by atoms with van der Waals surface area (Å²) in [6.07, 6.45) is 8.37. The SMILES string of the molecule is CCc1[nH]ncc1C(=O)N1CCC[C@@H](n2ccnc2C)C1. The summed E-state index contributed by atoms with van der Waals surface area (Å²) in [6, 6.07) is 0.321. The van der Waals surface area contributed by atoms with E-state index in [9.17, 15) is 4.79 Å². The number of likely N-dealkylation sites (tertiary alicyclic amines) is 1. The van der Waals surface area contributed by atoms with E-state index >= 15 is 0 Å². The van der Waals surface area contributed by atoms with Crippen molar-refractivity contribution in [3.8, 4) is 0 Å². The largest absolute Gasteiger partial charge is 0.336 e. The molecular weight excluding hydrogens is 266 g/mol. The van der Waals surface area contributed by atoms with E-state index in [2.05, 4.69) is 19.7 Å². The predicted molar refractivity (Wildman–Crippen MR) is 79.1 cm³/mol. The lowest BCUT2D eigenvalue weighted by Crippen LogP contribution is -2.41. The number of rotatable bonds is 3. The fourth-order valence-corrected chi connectivity index (χ4v) is 3.08. The van der Waals surface area contributed by atoms with Crippen molar-refractivity contribution in [1.29, 1.82) is 0 Å². The molecule has 1 aliphatic rings. The second-order valence-electron chi connectivity index (χ2n) is 5.54. The number of aromatic amines is 1. The zero-order valence-electron chi connectivity index (χ0n) is 12.5. The van der Waals surface area contributed by atoms with Crippen molar-refractivity contribution < 1.29 is 4.79 Å². The zero-order chi connectivity index (χ0) is 14.8. The van der Waals surface area contributed by atoms with E-state index in [4.69, 9.17) is 0 Å². The van der Waals surface area contributed by atoms with Gasteiger partial charge in [-0.15, -0.1) is 0 Å². The van der Waals surface area contributed by atoms with Crippen LogP contribution in [0.5, 0.6) is 0 Å². The number of nitrogens with one attached hydrogen (secondary N) is 1. The summed E-state index contributed by atoms with van der Waals surface area (Å²) in [4.78, 5) is 18.9. The molecule has 3 heterocycles. The van der Waals surface area contributed by atoms with Crippen LogP contribution in [-0.2, 0) is 6.42 Å². The number of aryl methyl sites for hydroxylation is 2. The van der Waals surface area contributed by atoms with Crippen LogP contribution >= 0.6 is 0 Å². The molecule has 3 rings (SSSR count). The number of hydrogen-bond acceptors (Lipinski definition) is 3. The molecule has 2 aromatic rings. The van der Waals surface area contributed by atoms with Gasteiger partial charge >= 0.3 is 0 Å². The normalized spacial score (nSPS) is 19.0. The second-order valence-corrected chi connectivity index (χ2v) is 5.54. The molecule has 0 spiro atoms. The van der Waals surface area contributed by atoms with Crippen LogP contribution in [0, 0.1) is 6.92 Å². The third kappa shape index (κ3) is 2.57. The van der Waals surface area contributed by atoms with Gasteiger partial charge in [-0.25, -0.2) is 4.98 Å². The Morgan fingerprint density at radius 3 is 3.10 bits per heavy atom. The first-order valence-electron chi connectivity index (χ1n) is 7.51. The Hall–Kier alpha value is -2.11. The van der Waals surface area contributed by atoms with Gasteiger partial charge in [0.05, 0.1) is 17.8 Å². The molecule has 21 heavy (non-hydrogen) atoms. The third-order valence-electron chi connectivity index (χ3n) is 4.24.